The van der Waals surface area contributed by atoms with Crippen LogP contribution in [-0.4, -0.2) is 18.4 Å². The highest BCUT2D eigenvalue weighted by Crippen LogP contribution is 2.19. The van der Waals surface area contributed by atoms with Crippen LogP contribution in [0.15, 0.2) is 59.7 Å². The molecule has 0 atom stereocenters. The molecule has 2 rings (SSSR count). The fraction of sp³-hybridized carbons (Fsp3) is 0.176. The number of para-hydroxylation sites is 1. The number of carbonyl (C=O) groups excluding carboxylic acids is 1. The quantitative estimate of drug-likeness (QED) is 0.385. The standard InChI is InChI=1S/C17H19N3O2/c1-2-22-17(21)16(18)20-19-15-11-7-6-10-14(15)12-13-8-4-3-5-9-13/h3-11,19H,2,12H2,1H3,(H2,18,20). The minimum Gasteiger partial charge on any atom is -0.460 e. The van der Waals surface area contributed by atoms with Crippen molar-refractivity contribution in [3.05, 3.63) is 65.7 Å². The summed E-state index contributed by atoms with van der Waals surface area (Å²) in [6.07, 6.45) is 0.763. The van der Waals surface area contributed by atoms with Crippen molar-refractivity contribution < 1.29 is 9.53 Å². The number of esters is 1. The van der Waals surface area contributed by atoms with Gasteiger partial charge in [-0.05, 0) is 30.5 Å². The van der Waals surface area contributed by atoms with Crippen LogP contribution in [0.25, 0.3) is 0 Å². The molecule has 0 fully saturated rings. The second kappa shape index (κ2) is 7.83. The number of carbonyl (C=O) groups is 1. The van der Waals surface area contributed by atoms with Crippen molar-refractivity contribution in [3.8, 4) is 0 Å². The van der Waals surface area contributed by atoms with Gasteiger partial charge in [-0.3, -0.25) is 5.43 Å². The Morgan fingerprint density at radius 3 is 2.55 bits per heavy atom. The van der Waals surface area contributed by atoms with E-state index in [0.29, 0.717) is 0 Å². The van der Waals surface area contributed by atoms with Gasteiger partial charge in [0, 0.05) is 0 Å². The van der Waals surface area contributed by atoms with Crippen LogP contribution in [0, 0.1) is 0 Å². The molecule has 5 heteroatoms. The Bertz CT molecular complexity index is 654. The van der Waals surface area contributed by atoms with E-state index < -0.39 is 5.97 Å². The van der Waals surface area contributed by atoms with Crippen LogP contribution in [0.1, 0.15) is 18.1 Å². The Labute approximate surface area is 129 Å². The van der Waals surface area contributed by atoms with Crippen LogP contribution in [-0.2, 0) is 16.0 Å². The number of anilines is 1. The van der Waals surface area contributed by atoms with Crippen molar-refractivity contribution in [3.63, 3.8) is 0 Å². The Morgan fingerprint density at radius 2 is 1.82 bits per heavy atom. The Kier molecular flexibility index (Phi) is 5.54. The van der Waals surface area contributed by atoms with Crippen molar-refractivity contribution in [1.29, 1.82) is 0 Å². The van der Waals surface area contributed by atoms with Crippen molar-refractivity contribution in [2.45, 2.75) is 13.3 Å². The van der Waals surface area contributed by atoms with E-state index in [2.05, 4.69) is 22.7 Å². The maximum atomic E-state index is 11.4. The molecule has 3 N–H and O–H groups in total. The normalized spacial score (nSPS) is 11.0. The lowest BCUT2D eigenvalue weighted by Crippen LogP contribution is -2.27. The summed E-state index contributed by atoms with van der Waals surface area (Å²) in [7, 11) is 0. The third kappa shape index (κ3) is 4.34. The fourth-order valence-corrected chi connectivity index (χ4v) is 1.97. The molecule has 0 saturated carbocycles. The fourth-order valence-electron chi connectivity index (χ4n) is 1.97. The minimum absolute atomic E-state index is 0.198. The first kappa shape index (κ1) is 15.6. The van der Waals surface area contributed by atoms with Gasteiger partial charge < -0.3 is 10.5 Å². The van der Waals surface area contributed by atoms with Crippen LogP contribution < -0.4 is 11.2 Å². The van der Waals surface area contributed by atoms with Crippen LogP contribution in [0.5, 0.6) is 0 Å². The molecular formula is C17H19N3O2. The van der Waals surface area contributed by atoms with E-state index in [1.54, 1.807) is 6.92 Å². The third-order valence-corrected chi connectivity index (χ3v) is 3.04. The first-order valence-corrected chi connectivity index (χ1v) is 7.09. The number of rotatable bonds is 5. The summed E-state index contributed by atoms with van der Waals surface area (Å²) in [5.74, 6) is -0.827. The topological polar surface area (TPSA) is 76.7 Å². The molecule has 0 bridgehead atoms. The van der Waals surface area contributed by atoms with Gasteiger partial charge in [0.05, 0.1) is 12.3 Å². The summed E-state index contributed by atoms with van der Waals surface area (Å²) in [5.41, 5.74) is 11.5. The average molecular weight is 297 g/mol. The molecule has 0 radical (unpaired) electrons. The van der Waals surface area contributed by atoms with E-state index in [0.717, 1.165) is 17.7 Å². The van der Waals surface area contributed by atoms with Gasteiger partial charge in [0.15, 0.2) is 0 Å². The molecule has 0 saturated heterocycles. The molecule has 114 valence electrons. The zero-order valence-corrected chi connectivity index (χ0v) is 12.5. The summed E-state index contributed by atoms with van der Waals surface area (Å²) >= 11 is 0. The number of hydrazone groups is 1. The van der Waals surface area contributed by atoms with Gasteiger partial charge in [-0.15, -0.1) is 5.10 Å². The number of ether oxygens (including phenoxy) is 1. The SMILES string of the molecule is CCOC(=O)/C(N)=N/Nc1ccccc1Cc1ccccc1. The number of nitrogens with two attached hydrogens (primary N) is 1. The third-order valence-electron chi connectivity index (χ3n) is 3.04. The molecule has 0 spiro atoms. The van der Waals surface area contributed by atoms with Gasteiger partial charge >= 0.3 is 5.97 Å². The molecule has 5 nitrogen and oxygen atoms in total. The largest absolute Gasteiger partial charge is 0.460 e. The predicted molar refractivity (Wildman–Crippen MR) is 87.6 cm³/mol. The van der Waals surface area contributed by atoms with Gasteiger partial charge in [0.1, 0.15) is 0 Å². The van der Waals surface area contributed by atoms with E-state index >= 15 is 0 Å². The second-order valence-electron chi connectivity index (χ2n) is 4.65. The Morgan fingerprint density at radius 1 is 1.14 bits per heavy atom. The summed E-state index contributed by atoms with van der Waals surface area (Å²) in [5, 5.41) is 3.89. The van der Waals surface area contributed by atoms with Crippen molar-refractivity contribution in [2.24, 2.45) is 10.8 Å². The van der Waals surface area contributed by atoms with E-state index in [-0.39, 0.29) is 12.4 Å². The molecule has 0 heterocycles. The maximum Gasteiger partial charge on any atom is 0.375 e. The average Bonchev–Trinajstić information content (AvgIpc) is 2.55. The highest BCUT2D eigenvalue weighted by molar-refractivity contribution is 6.34. The van der Waals surface area contributed by atoms with Gasteiger partial charge in [-0.1, -0.05) is 48.5 Å². The van der Waals surface area contributed by atoms with Gasteiger partial charge in [0.25, 0.3) is 0 Å². The van der Waals surface area contributed by atoms with E-state index in [9.17, 15) is 4.79 Å². The molecule has 2 aromatic rings. The summed E-state index contributed by atoms with van der Waals surface area (Å²) in [4.78, 5) is 11.4. The van der Waals surface area contributed by atoms with E-state index in [1.165, 1.54) is 5.56 Å². The van der Waals surface area contributed by atoms with Gasteiger partial charge in [-0.2, -0.15) is 0 Å². The first-order valence-electron chi connectivity index (χ1n) is 7.09. The molecule has 2 aromatic carbocycles. The van der Waals surface area contributed by atoms with Crippen molar-refractivity contribution >= 4 is 17.5 Å². The number of hydrogen-bond acceptors (Lipinski definition) is 4. The number of benzene rings is 2. The number of hydrogen-bond donors (Lipinski definition) is 2. The highest BCUT2D eigenvalue weighted by atomic mass is 16.5. The van der Waals surface area contributed by atoms with Gasteiger partial charge in [-0.25, -0.2) is 4.79 Å². The van der Waals surface area contributed by atoms with Crippen LogP contribution in [0.4, 0.5) is 5.69 Å². The van der Waals surface area contributed by atoms with Crippen LogP contribution in [0.3, 0.4) is 0 Å². The molecule has 22 heavy (non-hydrogen) atoms. The molecule has 0 unspecified atom stereocenters. The first-order chi connectivity index (χ1) is 10.7. The number of nitrogens with one attached hydrogen (secondary N) is 1. The predicted octanol–water partition coefficient (Wildman–Crippen LogP) is 2.52. The molecule has 0 aliphatic heterocycles. The molecule has 0 aromatic heterocycles. The number of amidine groups is 1. The lowest BCUT2D eigenvalue weighted by atomic mass is 10.0. The molecule has 0 aliphatic carbocycles. The van der Waals surface area contributed by atoms with E-state index in [1.807, 2.05) is 42.5 Å². The Hall–Kier alpha value is -2.82. The lowest BCUT2D eigenvalue weighted by Gasteiger charge is -2.09. The molecular weight excluding hydrogens is 278 g/mol. The summed E-state index contributed by atoms with van der Waals surface area (Å²) in [6, 6.07) is 17.9. The lowest BCUT2D eigenvalue weighted by molar-refractivity contribution is -0.135. The van der Waals surface area contributed by atoms with Crippen molar-refractivity contribution in [2.75, 3.05) is 12.0 Å². The zero-order chi connectivity index (χ0) is 15.8. The molecule has 0 amide bonds. The maximum absolute atomic E-state index is 11.4. The zero-order valence-electron chi connectivity index (χ0n) is 12.5. The van der Waals surface area contributed by atoms with Gasteiger partial charge in [0.2, 0.25) is 5.84 Å². The second-order valence-corrected chi connectivity index (χ2v) is 4.65. The van der Waals surface area contributed by atoms with Crippen molar-refractivity contribution in [1.82, 2.24) is 0 Å². The Balaban J connectivity index is 2.12. The smallest absolute Gasteiger partial charge is 0.375 e. The van der Waals surface area contributed by atoms with Crippen LogP contribution in [0.2, 0.25) is 0 Å². The summed E-state index contributed by atoms with van der Waals surface area (Å²) in [6.45, 7) is 1.98. The minimum atomic E-state index is -0.629. The van der Waals surface area contributed by atoms with E-state index in [4.69, 9.17) is 10.5 Å². The highest BCUT2D eigenvalue weighted by Gasteiger charge is 2.08. The molecule has 0 aliphatic rings. The summed E-state index contributed by atoms with van der Waals surface area (Å²) < 4.78 is 4.78. The number of nitrogens with zero attached hydrogens (tertiary/aromatic N) is 1. The monoisotopic (exact) mass is 297 g/mol. The van der Waals surface area contributed by atoms with Crippen LogP contribution >= 0.6 is 0 Å².